The fourth-order valence-electron chi connectivity index (χ4n) is 3.66. The second kappa shape index (κ2) is 10.1. The number of ether oxygens (including phenoxy) is 1. The molecule has 0 amide bonds. The largest absolute Gasteiger partial charge is 0.465 e. The summed E-state index contributed by atoms with van der Waals surface area (Å²) in [5, 5.41) is 6.82. The van der Waals surface area contributed by atoms with Gasteiger partial charge in [0.05, 0.1) is 19.3 Å². The molecule has 6 nitrogen and oxygen atoms in total. The van der Waals surface area contributed by atoms with Crippen molar-refractivity contribution >= 4 is 5.96 Å². The van der Waals surface area contributed by atoms with Crippen molar-refractivity contribution in [2.75, 3.05) is 46.4 Å². The van der Waals surface area contributed by atoms with Crippen molar-refractivity contribution in [1.82, 2.24) is 15.5 Å². The highest BCUT2D eigenvalue weighted by atomic mass is 19.1. The van der Waals surface area contributed by atoms with E-state index in [4.69, 9.17) is 9.15 Å². The van der Waals surface area contributed by atoms with Crippen LogP contribution in [0.3, 0.4) is 0 Å². The Hall–Kier alpha value is -2.38. The number of benzene rings is 1. The quantitative estimate of drug-likeness (QED) is 0.536. The van der Waals surface area contributed by atoms with Crippen molar-refractivity contribution in [2.24, 2.45) is 4.99 Å². The number of hydrogen-bond donors (Lipinski definition) is 2. The summed E-state index contributed by atoms with van der Waals surface area (Å²) >= 11 is 0. The Morgan fingerprint density at radius 2 is 1.97 bits per heavy atom. The minimum absolute atomic E-state index is 0.0948. The Morgan fingerprint density at radius 1 is 1.20 bits per heavy atom. The molecule has 2 heterocycles. The molecule has 1 atom stereocenters. The number of nitrogens with one attached hydrogen (secondary N) is 2. The van der Waals surface area contributed by atoms with E-state index in [1.165, 1.54) is 6.07 Å². The van der Waals surface area contributed by atoms with E-state index in [-0.39, 0.29) is 17.3 Å². The number of guanidine groups is 1. The third kappa shape index (κ3) is 5.83. The van der Waals surface area contributed by atoms with Gasteiger partial charge in [0.25, 0.3) is 0 Å². The minimum Gasteiger partial charge on any atom is -0.465 e. The molecule has 164 valence electrons. The first-order chi connectivity index (χ1) is 14.4. The SMILES string of the molecule is CN=C(NCC(c1ccc(C)o1)N1CCOCC1)NCC(C)(C)c1cccc(F)c1. The average molecular weight is 417 g/mol. The number of nitrogens with zero attached hydrogens (tertiary/aromatic N) is 2. The molecule has 3 rings (SSSR count). The summed E-state index contributed by atoms with van der Waals surface area (Å²) in [6.45, 7) is 10.6. The topological polar surface area (TPSA) is 62.0 Å². The number of furan rings is 1. The maximum atomic E-state index is 13.6. The molecule has 2 aromatic rings. The van der Waals surface area contributed by atoms with E-state index < -0.39 is 0 Å². The van der Waals surface area contributed by atoms with Crippen molar-refractivity contribution < 1.29 is 13.5 Å². The zero-order valence-electron chi connectivity index (χ0n) is 18.4. The van der Waals surface area contributed by atoms with E-state index in [1.54, 1.807) is 19.2 Å². The Balaban J connectivity index is 1.62. The van der Waals surface area contributed by atoms with E-state index in [1.807, 2.05) is 25.1 Å². The lowest BCUT2D eigenvalue weighted by molar-refractivity contribution is 0.0124. The molecule has 1 aromatic carbocycles. The molecule has 2 N–H and O–H groups in total. The molecule has 1 saturated heterocycles. The monoisotopic (exact) mass is 416 g/mol. The van der Waals surface area contributed by atoms with E-state index in [0.717, 1.165) is 43.4 Å². The standard InChI is InChI=1S/C23H33FN4O2/c1-17-8-9-21(30-17)20(28-10-12-29-13-11-28)15-26-22(25-4)27-16-23(2,3)18-6-5-7-19(24)14-18/h5-9,14,20H,10-13,15-16H2,1-4H3,(H2,25,26,27). The van der Waals surface area contributed by atoms with Crippen molar-refractivity contribution in [2.45, 2.75) is 32.2 Å². The predicted molar refractivity (Wildman–Crippen MR) is 117 cm³/mol. The summed E-state index contributed by atoms with van der Waals surface area (Å²) in [5.41, 5.74) is 0.698. The lowest BCUT2D eigenvalue weighted by Crippen LogP contribution is -2.48. The van der Waals surface area contributed by atoms with Gasteiger partial charge in [-0.25, -0.2) is 4.39 Å². The number of halogens is 1. The van der Waals surface area contributed by atoms with Crippen molar-refractivity contribution in [3.05, 3.63) is 59.3 Å². The van der Waals surface area contributed by atoms with Gasteiger partial charge in [0.2, 0.25) is 0 Å². The highest BCUT2D eigenvalue weighted by molar-refractivity contribution is 5.79. The summed E-state index contributed by atoms with van der Waals surface area (Å²) in [4.78, 5) is 6.74. The molecule has 1 aliphatic rings. The minimum atomic E-state index is -0.249. The summed E-state index contributed by atoms with van der Waals surface area (Å²) < 4.78 is 25.1. The second-order valence-corrected chi connectivity index (χ2v) is 8.31. The molecule has 0 radical (unpaired) electrons. The molecular formula is C23H33FN4O2. The molecule has 1 fully saturated rings. The molecule has 0 saturated carbocycles. The number of aryl methyl sites for hydroxylation is 1. The molecule has 1 aromatic heterocycles. The summed E-state index contributed by atoms with van der Waals surface area (Å²) in [6.07, 6.45) is 0. The zero-order valence-corrected chi connectivity index (χ0v) is 18.4. The van der Waals surface area contributed by atoms with Crippen LogP contribution in [0.25, 0.3) is 0 Å². The van der Waals surface area contributed by atoms with Crippen LogP contribution in [-0.2, 0) is 10.2 Å². The second-order valence-electron chi connectivity index (χ2n) is 8.31. The summed E-state index contributed by atoms with van der Waals surface area (Å²) in [7, 11) is 1.76. The number of hydrogen-bond acceptors (Lipinski definition) is 4. The zero-order chi connectivity index (χ0) is 21.6. The van der Waals surface area contributed by atoms with Crippen LogP contribution in [0.1, 0.15) is 37.0 Å². The number of morpholine rings is 1. The number of aliphatic imine (C=N–C) groups is 1. The van der Waals surface area contributed by atoms with Gasteiger partial charge in [-0.1, -0.05) is 26.0 Å². The Labute approximate surface area is 178 Å². The van der Waals surface area contributed by atoms with Gasteiger partial charge >= 0.3 is 0 Å². The first kappa shape index (κ1) is 22.3. The molecular weight excluding hydrogens is 383 g/mol. The molecule has 7 heteroatoms. The lowest BCUT2D eigenvalue weighted by Gasteiger charge is -2.34. The van der Waals surface area contributed by atoms with Crippen LogP contribution in [-0.4, -0.2) is 57.3 Å². The van der Waals surface area contributed by atoms with Crippen LogP contribution < -0.4 is 10.6 Å². The van der Waals surface area contributed by atoms with Crippen LogP contribution in [0.5, 0.6) is 0 Å². The highest BCUT2D eigenvalue weighted by Crippen LogP contribution is 2.24. The van der Waals surface area contributed by atoms with Crippen molar-refractivity contribution in [3.63, 3.8) is 0 Å². The predicted octanol–water partition coefficient (Wildman–Crippen LogP) is 3.24. The van der Waals surface area contributed by atoms with Crippen LogP contribution >= 0.6 is 0 Å². The van der Waals surface area contributed by atoms with Gasteiger partial charge in [-0.15, -0.1) is 0 Å². The molecule has 1 unspecified atom stereocenters. The fraction of sp³-hybridized carbons (Fsp3) is 0.522. The van der Waals surface area contributed by atoms with E-state index in [9.17, 15) is 4.39 Å². The van der Waals surface area contributed by atoms with Crippen LogP contribution in [0.4, 0.5) is 4.39 Å². The van der Waals surface area contributed by atoms with Crippen molar-refractivity contribution in [3.8, 4) is 0 Å². The fourth-order valence-corrected chi connectivity index (χ4v) is 3.66. The van der Waals surface area contributed by atoms with Gasteiger partial charge in [-0.05, 0) is 36.8 Å². The summed E-state index contributed by atoms with van der Waals surface area (Å²) in [5.74, 6) is 2.34. The van der Waals surface area contributed by atoms with E-state index in [0.29, 0.717) is 19.0 Å². The molecule has 30 heavy (non-hydrogen) atoms. The highest BCUT2D eigenvalue weighted by Gasteiger charge is 2.26. The van der Waals surface area contributed by atoms with Crippen molar-refractivity contribution in [1.29, 1.82) is 0 Å². The van der Waals surface area contributed by atoms with Gasteiger partial charge in [0.15, 0.2) is 5.96 Å². The van der Waals surface area contributed by atoms with Gasteiger partial charge in [0.1, 0.15) is 17.3 Å². The lowest BCUT2D eigenvalue weighted by atomic mass is 9.84. The molecule has 1 aliphatic heterocycles. The Kier molecular flexibility index (Phi) is 7.50. The average Bonchev–Trinajstić information content (AvgIpc) is 3.17. The normalized spacial score (nSPS) is 17.0. The first-order valence-corrected chi connectivity index (χ1v) is 10.5. The Bertz CT molecular complexity index is 843. The van der Waals surface area contributed by atoms with Gasteiger partial charge in [0, 0.05) is 38.6 Å². The molecule has 0 aliphatic carbocycles. The summed E-state index contributed by atoms with van der Waals surface area (Å²) in [6, 6.07) is 10.9. The first-order valence-electron chi connectivity index (χ1n) is 10.5. The van der Waals surface area contributed by atoms with Gasteiger partial charge < -0.3 is 19.8 Å². The van der Waals surface area contributed by atoms with Gasteiger partial charge in [-0.3, -0.25) is 9.89 Å². The van der Waals surface area contributed by atoms with Gasteiger partial charge in [-0.2, -0.15) is 0 Å². The van der Waals surface area contributed by atoms with E-state index >= 15 is 0 Å². The molecule has 0 spiro atoms. The third-order valence-electron chi connectivity index (χ3n) is 5.57. The van der Waals surface area contributed by atoms with Crippen LogP contribution in [0.15, 0.2) is 45.8 Å². The maximum Gasteiger partial charge on any atom is 0.191 e. The smallest absolute Gasteiger partial charge is 0.191 e. The van der Waals surface area contributed by atoms with Crippen LogP contribution in [0, 0.1) is 12.7 Å². The third-order valence-corrected chi connectivity index (χ3v) is 5.57. The Morgan fingerprint density at radius 3 is 2.60 bits per heavy atom. The molecule has 0 bridgehead atoms. The maximum absolute atomic E-state index is 13.6. The van der Waals surface area contributed by atoms with Crippen LogP contribution in [0.2, 0.25) is 0 Å². The number of rotatable bonds is 7. The van der Waals surface area contributed by atoms with E-state index in [2.05, 4.69) is 34.4 Å².